The number of carbonyl (C=O) groups is 1. The molecule has 0 bridgehead atoms. The number of rotatable bonds is 1. The Balaban J connectivity index is 3.05. The molecule has 0 saturated carbocycles. The van der Waals surface area contributed by atoms with E-state index in [0.717, 1.165) is 0 Å². The molecule has 0 atom stereocenters. The Labute approximate surface area is 41.5 Å². The van der Waals surface area contributed by atoms with Crippen molar-refractivity contribution in [2.75, 3.05) is 0 Å². The van der Waals surface area contributed by atoms with Crippen molar-refractivity contribution in [2.24, 2.45) is 0 Å². The van der Waals surface area contributed by atoms with Gasteiger partial charge in [0.25, 0.3) is 0 Å². The normalized spacial score (nSPS) is 6.83. The van der Waals surface area contributed by atoms with Crippen molar-refractivity contribution in [3.05, 3.63) is 0 Å². The predicted octanol–water partition coefficient (Wildman–Crippen LogP) is 0.0797. The largest absolute Gasteiger partial charge is 0.323 e. The maximum atomic E-state index is 9.83. The van der Waals surface area contributed by atoms with Gasteiger partial charge in [0.15, 0.2) is 0 Å². The van der Waals surface area contributed by atoms with Gasteiger partial charge in [0.1, 0.15) is 0 Å². The molecule has 6 heavy (non-hydrogen) atoms. The zero-order valence-corrected chi connectivity index (χ0v) is 4.21. The summed E-state index contributed by atoms with van der Waals surface area (Å²) in [5, 5.41) is 2.26. The molecular formula is C3H5NOS. The number of hydrogen-bond acceptors (Lipinski definition) is 2. The average molecular weight is 103 g/mol. The van der Waals surface area contributed by atoms with E-state index in [0.29, 0.717) is 0 Å². The topological polar surface area (TPSA) is 29.1 Å². The van der Waals surface area contributed by atoms with E-state index in [4.69, 9.17) is 0 Å². The summed E-state index contributed by atoms with van der Waals surface area (Å²) in [5.41, 5.74) is 1.18. The summed E-state index contributed by atoms with van der Waals surface area (Å²) in [6, 6.07) is 0. The molecule has 2 nitrogen and oxygen atoms in total. The van der Waals surface area contributed by atoms with Gasteiger partial charge in [0.2, 0.25) is 5.91 Å². The molecule has 0 aliphatic rings. The first-order valence-electron chi connectivity index (χ1n) is 1.48. The Bertz CT molecular complexity index is 71.2. The van der Waals surface area contributed by atoms with Gasteiger partial charge in [0, 0.05) is 6.92 Å². The second-order valence-corrected chi connectivity index (χ2v) is 1.05. The molecule has 0 spiro atoms. The molecule has 0 saturated heterocycles. The lowest BCUT2D eigenvalue weighted by Crippen LogP contribution is -2.15. The third kappa shape index (κ3) is 3.56. The van der Waals surface area contributed by atoms with Gasteiger partial charge in [-0.2, -0.15) is 0 Å². The fourth-order valence-corrected chi connectivity index (χ4v) is 0.249. The number of thiocarbonyl (C=S) groups is 1. The minimum absolute atomic E-state index is 0.120. The van der Waals surface area contributed by atoms with Crippen LogP contribution in [0.3, 0.4) is 0 Å². The van der Waals surface area contributed by atoms with Crippen LogP contribution in [-0.4, -0.2) is 11.4 Å². The highest BCUT2D eigenvalue weighted by atomic mass is 32.1. The van der Waals surface area contributed by atoms with Gasteiger partial charge in [-0.15, -0.1) is 0 Å². The van der Waals surface area contributed by atoms with Gasteiger partial charge in [-0.3, -0.25) is 4.79 Å². The Kier molecular flexibility index (Phi) is 2.58. The van der Waals surface area contributed by atoms with E-state index in [1.54, 1.807) is 0 Å². The molecule has 0 unspecified atom stereocenters. The maximum Gasteiger partial charge on any atom is 0.221 e. The first kappa shape index (κ1) is 5.56. The second kappa shape index (κ2) is 2.78. The fraction of sp³-hybridized carbons (Fsp3) is 0.333. The van der Waals surface area contributed by atoms with Crippen LogP contribution in [0.25, 0.3) is 0 Å². The second-order valence-electron chi connectivity index (χ2n) is 0.818. The maximum absolute atomic E-state index is 9.83. The average Bonchev–Trinajstić information content (AvgIpc) is 1.35. The van der Waals surface area contributed by atoms with Crippen LogP contribution in [0.2, 0.25) is 0 Å². The van der Waals surface area contributed by atoms with Crippen molar-refractivity contribution in [1.29, 1.82) is 0 Å². The Hall–Kier alpha value is -0.440. The standard InChI is InChI=1S/C3H5NOS/c1-3(5)4-2-6/h2H,1H3,(H,4,5,6). The number of amides is 1. The van der Waals surface area contributed by atoms with Gasteiger partial charge in [-0.05, 0) is 0 Å². The van der Waals surface area contributed by atoms with Crippen molar-refractivity contribution in [3.8, 4) is 0 Å². The molecule has 3 heteroatoms. The van der Waals surface area contributed by atoms with Gasteiger partial charge >= 0.3 is 0 Å². The SMILES string of the molecule is CC(=O)NC=S. The van der Waals surface area contributed by atoms with E-state index in [2.05, 4.69) is 17.5 Å². The minimum Gasteiger partial charge on any atom is -0.323 e. The molecule has 0 aromatic heterocycles. The molecule has 1 N–H and O–H groups in total. The molecule has 0 aliphatic heterocycles. The number of hydrogen-bond donors (Lipinski definition) is 1. The van der Waals surface area contributed by atoms with Crippen molar-refractivity contribution in [3.63, 3.8) is 0 Å². The summed E-state index contributed by atoms with van der Waals surface area (Å²) in [5.74, 6) is -0.120. The third-order valence-electron chi connectivity index (χ3n) is 0.262. The molecule has 0 heterocycles. The van der Waals surface area contributed by atoms with E-state index in [-0.39, 0.29) is 5.91 Å². The summed E-state index contributed by atoms with van der Waals surface area (Å²) in [4.78, 5) is 9.83. The summed E-state index contributed by atoms with van der Waals surface area (Å²) >= 11 is 4.27. The smallest absolute Gasteiger partial charge is 0.221 e. The monoisotopic (exact) mass is 103 g/mol. The highest BCUT2D eigenvalue weighted by Crippen LogP contribution is 1.50. The zero-order chi connectivity index (χ0) is 4.99. The fourth-order valence-electron chi connectivity index (χ4n) is 0.0830. The van der Waals surface area contributed by atoms with E-state index in [9.17, 15) is 4.79 Å². The summed E-state index contributed by atoms with van der Waals surface area (Å²) in [6.07, 6.45) is 0. The van der Waals surface area contributed by atoms with Crippen LogP contribution >= 0.6 is 12.2 Å². The van der Waals surface area contributed by atoms with E-state index in [1.807, 2.05) is 0 Å². The van der Waals surface area contributed by atoms with Gasteiger partial charge < -0.3 is 5.32 Å². The first-order chi connectivity index (χ1) is 2.77. The molecule has 34 valence electrons. The molecule has 0 aliphatic carbocycles. The number of carbonyl (C=O) groups excluding carboxylic acids is 1. The molecular weight excluding hydrogens is 98.1 g/mol. The van der Waals surface area contributed by atoms with Crippen molar-refractivity contribution >= 4 is 23.6 Å². The van der Waals surface area contributed by atoms with Crippen molar-refractivity contribution in [2.45, 2.75) is 6.92 Å². The molecule has 0 rings (SSSR count). The molecule has 1 amide bonds. The Morgan fingerprint density at radius 2 is 2.50 bits per heavy atom. The molecule has 0 aromatic rings. The Morgan fingerprint density at radius 3 is 2.50 bits per heavy atom. The summed E-state index contributed by atoms with van der Waals surface area (Å²) in [6.45, 7) is 1.41. The van der Waals surface area contributed by atoms with E-state index < -0.39 is 0 Å². The van der Waals surface area contributed by atoms with Crippen LogP contribution < -0.4 is 5.32 Å². The lowest BCUT2D eigenvalue weighted by Gasteiger charge is -1.81. The lowest BCUT2D eigenvalue weighted by molar-refractivity contribution is -0.117. The van der Waals surface area contributed by atoms with Crippen LogP contribution in [0, 0.1) is 0 Å². The first-order valence-corrected chi connectivity index (χ1v) is 1.95. The summed E-state index contributed by atoms with van der Waals surface area (Å²) in [7, 11) is 0. The van der Waals surface area contributed by atoms with Crippen LogP contribution in [0.1, 0.15) is 6.92 Å². The van der Waals surface area contributed by atoms with E-state index in [1.165, 1.54) is 12.4 Å². The van der Waals surface area contributed by atoms with Crippen LogP contribution in [0.4, 0.5) is 0 Å². The van der Waals surface area contributed by atoms with Crippen molar-refractivity contribution in [1.82, 2.24) is 5.32 Å². The van der Waals surface area contributed by atoms with Crippen LogP contribution in [0.5, 0.6) is 0 Å². The van der Waals surface area contributed by atoms with E-state index >= 15 is 0 Å². The number of nitrogens with one attached hydrogen (secondary N) is 1. The highest BCUT2D eigenvalue weighted by Gasteiger charge is 1.76. The quantitative estimate of drug-likeness (QED) is 0.476. The highest BCUT2D eigenvalue weighted by molar-refractivity contribution is 7.78. The van der Waals surface area contributed by atoms with Crippen LogP contribution in [-0.2, 0) is 4.79 Å². The van der Waals surface area contributed by atoms with Crippen molar-refractivity contribution < 1.29 is 4.79 Å². The third-order valence-corrected chi connectivity index (χ3v) is 0.380. The molecule has 0 fully saturated rings. The molecule has 0 radical (unpaired) electrons. The van der Waals surface area contributed by atoms with Crippen LogP contribution in [0.15, 0.2) is 0 Å². The van der Waals surface area contributed by atoms with Gasteiger partial charge in [-0.25, -0.2) is 0 Å². The lowest BCUT2D eigenvalue weighted by atomic mass is 10.7. The Morgan fingerprint density at radius 1 is 2.00 bits per heavy atom. The predicted molar refractivity (Wildman–Crippen MR) is 27.5 cm³/mol. The summed E-state index contributed by atoms with van der Waals surface area (Å²) < 4.78 is 0. The van der Waals surface area contributed by atoms with Gasteiger partial charge in [-0.1, -0.05) is 12.2 Å². The van der Waals surface area contributed by atoms with Gasteiger partial charge in [0.05, 0.1) is 5.49 Å². The minimum atomic E-state index is -0.120. The molecule has 0 aromatic carbocycles. The zero-order valence-electron chi connectivity index (χ0n) is 3.39.